The maximum Gasteiger partial charge on any atom is 0.408 e. The van der Waals surface area contributed by atoms with Crippen LogP contribution in [-0.4, -0.2) is 182 Å². The number of urea groups is 1. The van der Waals surface area contributed by atoms with Gasteiger partial charge in [0.15, 0.2) is 0 Å². The summed E-state index contributed by atoms with van der Waals surface area (Å²) in [4.78, 5) is 156. The second-order valence-corrected chi connectivity index (χ2v) is 26.9. The number of alkyl carbamates (subject to hydrolysis) is 1. The topological polar surface area (TPSA) is 395 Å². The van der Waals surface area contributed by atoms with Gasteiger partial charge < -0.3 is 83.3 Å². The van der Waals surface area contributed by atoms with Crippen molar-refractivity contribution in [3.63, 3.8) is 0 Å². The van der Waals surface area contributed by atoms with Crippen molar-refractivity contribution in [2.24, 2.45) is 35.1 Å². The number of ether oxygens (including phenoxy) is 3. The molecule has 11 atom stereocenters. The summed E-state index contributed by atoms with van der Waals surface area (Å²) in [5.74, 6) is -6.36. The largest absolute Gasteiger partial charge is 0.445 e. The van der Waals surface area contributed by atoms with Gasteiger partial charge in [-0.05, 0) is 113 Å². The van der Waals surface area contributed by atoms with Crippen molar-refractivity contribution in [2.45, 2.75) is 200 Å². The molecule has 0 unspecified atom stereocenters. The van der Waals surface area contributed by atoms with E-state index in [4.69, 9.17) is 25.7 Å². The molecular formula is C68H106N14O14S. The standard InChI is InChI=1S/C68H106N14O14S/c1-14-42(6)57(52(94-12)37-54(85)82-34-21-26-51(82)58(95-13)43(7)59(86)77-50(63-71-33-35-97-63)36-45-22-16-15-17-23-45)81(11)64(90)56(41(4)5)79-65(91)68(9,10)80-67(93)96-39-46-27-29-47(30-28-46)74-60(87)49(25-20-32-72-66(70)92)76-62(89)55(40(2)3)78-61(88)48(24-18-19-31-69)75-53(84)38-73-44(8)83/h15-17,22-23,27-30,33,35,40-43,48-52,55-58H,14,18-21,24-26,31-32,34,36-39,69H2,1-13H3,(H,73,83)(H,74,87)(H,75,84)(H,76,89)(H,77,86)(H,78,88)(H,79,91)(H,80,93)(H3,70,72,92)/t42-,43+,48-,49-,50-,51-,52+,55-,56-,57-,58+/m0/s1. The maximum absolute atomic E-state index is 14.7. The van der Waals surface area contributed by atoms with E-state index in [2.05, 4.69) is 52.8 Å². The van der Waals surface area contributed by atoms with Crippen LogP contribution in [0.25, 0.3) is 0 Å². The van der Waals surface area contributed by atoms with Crippen LogP contribution in [0.2, 0.25) is 0 Å². The SMILES string of the molecule is CC[C@H](C)[C@@H]([C@@H](CC(=O)N1CCC[C@H]1[C@H](OC)[C@@H](C)C(=O)N[C@@H](Cc1ccccc1)c1nccs1)OC)N(C)C(=O)[C@@H](NC(=O)C(C)(C)NC(=O)OCc1ccc(NC(=O)[C@H](CCCNC(N)=O)NC(=O)[C@@H](NC(=O)[C@H](CCCCN)NC(=O)CNC(C)=O)C(C)C)cc1)C(C)C. The van der Waals surface area contributed by atoms with Crippen LogP contribution >= 0.6 is 11.3 Å². The van der Waals surface area contributed by atoms with Crippen molar-refractivity contribution in [1.29, 1.82) is 0 Å². The lowest BCUT2D eigenvalue weighted by Gasteiger charge is -2.41. The molecule has 4 rings (SSSR count). The van der Waals surface area contributed by atoms with E-state index in [1.165, 1.54) is 44.1 Å². The minimum atomic E-state index is -1.60. The Morgan fingerprint density at radius 1 is 0.763 bits per heavy atom. The molecule has 0 spiro atoms. The summed E-state index contributed by atoms with van der Waals surface area (Å²) in [5.41, 5.74) is 11.1. The minimum absolute atomic E-state index is 0.0323. The Morgan fingerprint density at radius 2 is 1.42 bits per heavy atom. The number of anilines is 1. The Hall–Kier alpha value is -8.28. The normalized spacial score (nSPS) is 16.1. The molecule has 0 radical (unpaired) electrons. The summed E-state index contributed by atoms with van der Waals surface area (Å²) in [7, 11) is 4.68. The monoisotopic (exact) mass is 1370 g/mol. The summed E-state index contributed by atoms with van der Waals surface area (Å²) in [6.45, 7) is 17.1. The molecule has 538 valence electrons. The molecule has 12 amide bonds. The number of unbranched alkanes of at least 4 members (excludes halogenated alkanes) is 1. The Bertz CT molecular complexity index is 3050. The number of carbonyl (C=O) groups excluding carboxylic acids is 11. The number of likely N-dealkylation sites (tertiary alicyclic amines) is 1. The molecule has 0 saturated carbocycles. The third kappa shape index (κ3) is 25.9. The smallest absolute Gasteiger partial charge is 0.408 e. The Balaban J connectivity index is 1.38. The number of hydrogen-bond acceptors (Lipinski definition) is 17. The summed E-state index contributed by atoms with van der Waals surface area (Å²) in [6.07, 6.45) is 3.21. The Morgan fingerprint density at radius 3 is 2.01 bits per heavy atom. The van der Waals surface area contributed by atoms with E-state index < -0.39 is 125 Å². The van der Waals surface area contributed by atoms with Crippen molar-refractivity contribution < 1.29 is 67.0 Å². The highest BCUT2D eigenvalue weighted by molar-refractivity contribution is 7.09. The van der Waals surface area contributed by atoms with Crippen LogP contribution in [0.4, 0.5) is 15.3 Å². The van der Waals surface area contributed by atoms with Gasteiger partial charge in [-0.15, -0.1) is 11.3 Å². The summed E-state index contributed by atoms with van der Waals surface area (Å²) in [5, 5.41) is 26.9. The number of likely N-dealkylation sites (N-methyl/N-ethyl adjacent to an activating group) is 1. The zero-order valence-electron chi connectivity index (χ0n) is 58.6. The van der Waals surface area contributed by atoms with Crippen LogP contribution < -0.4 is 59.3 Å². The van der Waals surface area contributed by atoms with Crippen LogP contribution in [0.3, 0.4) is 0 Å². The summed E-state index contributed by atoms with van der Waals surface area (Å²) >= 11 is 1.46. The second kappa shape index (κ2) is 40.4. The molecule has 29 heteroatoms. The lowest BCUT2D eigenvalue weighted by molar-refractivity contribution is -0.148. The van der Waals surface area contributed by atoms with E-state index in [0.29, 0.717) is 62.9 Å². The number of aromatic nitrogens is 1. The van der Waals surface area contributed by atoms with Crippen molar-refractivity contribution >= 4 is 82.3 Å². The van der Waals surface area contributed by atoms with E-state index in [1.807, 2.05) is 56.5 Å². The zero-order chi connectivity index (χ0) is 72.1. The van der Waals surface area contributed by atoms with Gasteiger partial charge in [0.2, 0.25) is 53.2 Å². The van der Waals surface area contributed by atoms with Gasteiger partial charge in [0.25, 0.3) is 0 Å². The van der Waals surface area contributed by atoms with Crippen LogP contribution in [-0.2, 0) is 70.4 Å². The van der Waals surface area contributed by atoms with Crippen LogP contribution in [0.5, 0.6) is 0 Å². The second-order valence-electron chi connectivity index (χ2n) is 26.0. The molecule has 1 aliphatic rings. The number of amides is 12. The van der Waals surface area contributed by atoms with Crippen LogP contribution in [0, 0.1) is 23.7 Å². The lowest BCUT2D eigenvalue weighted by atomic mass is 9.89. The Kier molecular flexibility index (Phi) is 33.8. The lowest BCUT2D eigenvalue weighted by Crippen LogP contribution is -2.62. The van der Waals surface area contributed by atoms with E-state index in [9.17, 15) is 52.7 Å². The van der Waals surface area contributed by atoms with Crippen molar-refractivity contribution in [3.05, 3.63) is 82.3 Å². The van der Waals surface area contributed by atoms with E-state index >= 15 is 0 Å². The number of benzene rings is 2. The fraction of sp³-hybridized carbons (Fsp3) is 0.618. The van der Waals surface area contributed by atoms with Crippen LogP contribution in [0.15, 0.2) is 66.2 Å². The van der Waals surface area contributed by atoms with Crippen LogP contribution in [0.1, 0.15) is 149 Å². The number of methoxy groups -OCH3 is 2. The number of thiazole rings is 1. The number of nitrogens with two attached hydrogens (primary N) is 2. The molecule has 1 saturated heterocycles. The number of hydrogen-bond donors (Lipinski definition) is 11. The maximum atomic E-state index is 14.7. The first-order valence-electron chi connectivity index (χ1n) is 33.4. The van der Waals surface area contributed by atoms with E-state index in [1.54, 1.807) is 77.2 Å². The highest BCUT2D eigenvalue weighted by Crippen LogP contribution is 2.31. The van der Waals surface area contributed by atoms with Gasteiger partial charge in [-0.25, -0.2) is 14.6 Å². The highest BCUT2D eigenvalue weighted by atomic mass is 32.1. The molecule has 13 N–H and O–H groups in total. The molecule has 2 heterocycles. The number of primary amides is 1. The number of carbonyl (C=O) groups is 11. The molecule has 1 fully saturated rings. The summed E-state index contributed by atoms with van der Waals surface area (Å²) < 4.78 is 17.7. The number of nitrogens with zero attached hydrogens (tertiary/aromatic N) is 3. The van der Waals surface area contributed by atoms with E-state index in [0.717, 1.165) is 10.6 Å². The van der Waals surface area contributed by atoms with Gasteiger partial charge in [-0.3, -0.25) is 43.2 Å². The van der Waals surface area contributed by atoms with Crippen molar-refractivity contribution in [2.75, 3.05) is 52.8 Å². The van der Waals surface area contributed by atoms with Gasteiger partial charge in [-0.2, -0.15) is 0 Å². The predicted octanol–water partition coefficient (Wildman–Crippen LogP) is 4.07. The first-order valence-corrected chi connectivity index (χ1v) is 34.2. The third-order valence-corrected chi connectivity index (χ3v) is 18.2. The molecule has 1 aromatic heterocycles. The molecule has 0 aliphatic carbocycles. The van der Waals surface area contributed by atoms with Crippen molar-refractivity contribution in [3.8, 4) is 0 Å². The van der Waals surface area contributed by atoms with Gasteiger partial charge in [0, 0.05) is 58.5 Å². The Labute approximate surface area is 574 Å². The molecule has 97 heavy (non-hydrogen) atoms. The molecular weight excluding hydrogens is 1270 g/mol. The first-order chi connectivity index (χ1) is 46.0. The minimum Gasteiger partial charge on any atom is -0.445 e. The quantitative estimate of drug-likeness (QED) is 0.0357. The third-order valence-electron chi connectivity index (χ3n) is 17.3. The molecule has 0 bridgehead atoms. The fourth-order valence-corrected chi connectivity index (χ4v) is 12.3. The zero-order valence-corrected chi connectivity index (χ0v) is 59.4. The first kappa shape index (κ1) is 81.2. The van der Waals surface area contributed by atoms with Gasteiger partial charge >= 0.3 is 12.1 Å². The van der Waals surface area contributed by atoms with Gasteiger partial charge in [0.1, 0.15) is 41.3 Å². The van der Waals surface area contributed by atoms with Crippen molar-refractivity contribution in [1.82, 2.24) is 57.3 Å². The number of nitrogens with one attached hydrogen (secondary N) is 9. The summed E-state index contributed by atoms with van der Waals surface area (Å²) in [6, 6.07) is 9.41. The van der Waals surface area contributed by atoms with Gasteiger partial charge in [-0.1, -0.05) is 97.4 Å². The average molecular weight is 1380 g/mol. The molecule has 28 nitrogen and oxygen atoms in total. The molecule has 1 aliphatic heterocycles. The molecule has 3 aromatic rings. The number of rotatable bonds is 40. The van der Waals surface area contributed by atoms with E-state index in [-0.39, 0.29) is 69.2 Å². The molecule has 2 aromatic carbocycles. The average Bonchev–Trinajstić information content (AvgIpc) is 1.80. The highest BCUT2D eigenvalue weighted by Gasteiger charge is 2.44. The predicted molar refractivity (Wildman–Crippen MR) is 368 cm³/mol. The fourth-order valence-electron chi connectivity index (χ4n) is 11.6. The van der Waals surface area contributed by atoms with Gasteiger partial charge in [0.05, 0.1) is 49.2 Å².